The fraction of sp³-hybridized carbons (Fsp3) is 0.400. The highest BCUT2D eigenvalue weighted by atomic mass is 32.2. The number of hydrogen-bond donors (Lipinski definition) is 0. The van der Waals surface area contributed by atoms with Crippen LogP contribution in [0, 0.1) is 0 Å². The van der Waals surface area contributed by atoms with Gasteiger partial charge in [-0.05, 0) is 37.7 Å². The van der Waals surface area contributed by atoms with E-state index in [1.54, 1.807) is 39.0 Å². The summed E-state index contributed by atoms with van der Waals surface area (Å²) < 4.78 is 14.7. The van der Waals surface area contributed by atoms with Gasteiger partial charge >= 0.3 is 23.5 Å². The van der Waals surface area contributed by atoms with E-state index in [-0.39, 0.29) is 5.56 Å². The fourth-order valence-electron chi connectivity index (χ4n) is 1.39. The summed E-state index contributed by atoms with van der Waals surface area (Å²) in [6, 6.07) is 8.08. The van der Waals surface area contributed by atoms with E-state index in [1.807, 2.05) is 0 Å². The number of benzene rings is 1. The van der Waals surface area contributed by atoms with Crippen LogP contribution in [-0.4, -0.2) is 35.4 Å². The second kappa shape index (κ2) is 9.09. The van der Waals surface area contributed by atoms with Crippen molar-refractivity contribution in [1.29, 1.82) is 0 Å². The van der Waals surface area contributed by atoms with Gasteiger partial charge in [0.15, 0.2) is 0 Å². The molecule has 0 aromatic heterocycles. The van der Waals surface area contributed by atoms with Crippen LogP contribution in [0.4, 0.5) is 4.79 Å². The van der Waals surface area contributed by atoms with Crippen molar-refractivity contribution in [2.24, 2.45) is 0 Å². The molecule has 1 unspecified atom stereocenters. The first-order valence-electron chi connectivity index (χ1n) is 6.74. The van der Waals surface area contributed by atoms with Crippen molar-refractivity contribution < 1.29 is 28.6 Å². The first kappa shape index (κ1) is 18.0. The van der Waals surface area contributed by atoms with E-state index in [2.05, 4.69) is 0 Å². The Hall–Kier alpha value is -2.02. The van der Waals surface area contributed by atoms with Gasteiger partial charge in [-0.2, -0.15) is 0 Å². The minimum atomic E-state index is -1.72. The normalized spacial score (nSPS) is 11.6. The molecule has 1 rings (SSSR count). The third-order valence-electron chi connectivity index (χ3n) is 2.23. The molecule has 0 fully saturated rings. The second-order valence-corrected chi connectivity index (χ2v) is 5.59. The van der Waals surface area contributed by atoms with E-state index in [4.69, 9.17) is 14.2 Å². The van der Waals surface area contributed by atoms with Crippen LogP contribution >= 0.6 is 11.8 Å². The van der Waals surface area contributed by atoms with Gasteiger partial charge in [-0.15, -0.1) is 0 Å². The van der Waals surface area contributed by atoms with Gasteiger partial charge in [0.25, 0.3) is 0 Å². The molecule has 0 spiro atoms. The van der Waals surface area contributed by atoms with Crippen molar-refractivity contribution in [3.8, 4) is 0 Å². The lowest BCUT2D eigenvalue weighted by atomic mass is 10.2. The van der Waals surface area contributed by atoms with Crippen LogP contribution in [0.5, 0.6) is 0 Å². The first-order valence-corrected chi connectivity index (χ1v) is 7.72. The highest BCUT2D eigenvalue weighted by Gasteiger charge is 2.30. The Morgan fingerprint density at radius 1 is 1.05 bits per heavy atom. The maximum atomic E-state index is 12.0. The topological polar surface area (TPSA) is 78.9 Å². The van der Waals surface area contributed by atoms with Crippen LogP contribution in [0.2, 0.25) is 0 Å². The standard InChI is InChI=1S/C15H18O6S/c1-4-22-15(18)21-14(13(17)19-10(2)3)20-12(16)11-8-6-5-7-9-11/h5-10,14H,4H2,1-3H3. The molecule has 0 aliphatic carbocycles. The zero-order valence-electron chi connectivity index (χ0n) is 12.6. The molecule has 0 aliphatic rings. The number of thioether (sulfide) groups is 1. The summed E-state index contributed by atoms with van der Waals surface area (Å²) in [7, 11) is 0. The lowest BCUT2D eigenvalue weighted by molar-refractivity contribution is -0.176. The molecule has 120 valence electrons. The minimum absolute atomic E-state index is 0.240. The van der Waals surface area contributed by atoms with Gasteiger partial charge in [0.05, 0.1) is 11.7 Å². The van der Waals surface area contributed by atoms with Gasteiger partial charge in [-0.1, -0.05) is 25.1 Å². The summed E-state index contributed by atoms with van der Waals surface area (Å²) in [5.41, 5.74) is 0.240. The van der Waals surface area contributed by atoms with Gasteiger partial charge in [0, 0.05) is 5.75 Å². The Bertz CT molecular complexity index is 514. The molecule has 0 bridgehead atoms. The van der Waals surface area contributed by atoms with E-state index < -0.39 is 29.6 Å². The molecule has 7 heteroatoms. The summed E-state index contributed by atoms with van der Waals surface area (Å²) in [4.78, 5) is 35.3. The number of carbonyl (C=O) groups excluding carboxylic acids is 3. The molecule has 22 heavy (non-hydrogen) atoms. The largest absolute Gasteiger partial charge is 0.457 e. The molecule has 0 heterocycles. The van der Waals surface area contributed by atoms with Crippen molar-refractivity contribution in [3.05, 3.63) is 35.9 Å². The van der Waals surface area contributed by atoms with Crippen molar-refractivity contribution in [3.63, 3.8) is 0 Å². The monoisotopic (exact) mass is 326 g/mol. The third kappa shape index (κ3) is 6.17. The SMILES string of the molecule is CCSC(=O)OC(OC(=O)c1ccccc1)C(=O)OC(C)C. The number of hydrogen-bond acceptors (Lipinski definition) is 7. The predicted molar refractivity (Wildman–Crippen MR) is 81.5 cm³/mol. The molecule has 6 nitrogen and oxygen atoms in total. The van der Waals surface area contributed by atoms with Crippen molar-refractivity contribution >= 4 is 29.0 Å². The molecular formula is C15H18O6S. The van der Waals surface area contributed by atoms with E-state index >= 15 is 0 Å². The van der Waals surface area contributed by atoms with Crippen LogP contribution < -0.4 is 0 Å². The van der Waals surface area contributed by atoms with E-state index in [0.717, 1.165) is 11.8 Å². The summed E-state index contributed by atoms with van der Waals surface area (Å²) in [5, 5.41) is -0.714. The van der Waals surface area contributed by atoms with Gasteiger partial charge in [-0.25, -0.2) is 14.4 Å². The second-order valence-electron chi connectivity index (χ2n) is 4.39. The molecule has 1 aromatic rings. The number of esters is 2. The van der Waals surface area contributed by atoms with Crippen LogP contribution in [0.25, 0.3) is 0 Å². The fourth-order valence-corrected chi connectivity index (χ4v) is 1.78. The molecular weight excluding hydrogens is 308 g/mol. The average molecular weight is 326 g/mol. The number of rotatable bonds is 6. The van der Waals surface area contributed by atoms with Crippen molar-refractivity contribution in [2.45, 2.75) is 33.2 Å². The van der Waals surface area contributed by atoms with Crippen molar-refractivity contribution in [1.82, 2.24) is 0 Å². The minimum Gasteiger partial charge on any atom is -0.457 e. The number of ether oxygens (including phenoxy) is 3. The maximum absolute atomic E-state index is 12.0. The lowest BCUT2D eigenvalue weighted by Gasteiger charge is -2.18. The molecule has 0 saturated heterocycles. The summed E-state index contributed by atoms with van der Waals surface area (Å²) >= 11 is 0.859. The molecule has 1 atom stereocenters. The van der Waals surface area contributed by atoms with Gasteiger partial charge in [0.1, 0.15) is 0 Å². The Morgan fingerprint density at radius 3 is 2.23 bits per heavy atom. The average Bonchev–Trinajstić information content (AvgIpc) is 2.47. The van der Waals surface area contributed by atoms with Crippen molar-refractivity contribution in [2.75, 3.05) is 5.75 Å². The van der Waals surface area contributed by atoms with Crippen LogP contribution in [0.3, 0.4) is 0 Å². The zero-order valence-corrected chi connectivity index (χ0v) is 13.4. The molecule has 0 amide bonds. The van der Waals surface area contributed by atoms with Crippen LogP contribution in [0.15, 0.2) is 30.3 Å². The predicted octanol–water partition coefficient (Wildman–Crippen LogP) is 3.01. The Labute approximate surface area is 133 Å². The highest BCUT2D eigenvalue weighted by molar-refractivity contribution is 8.13. The first-order chi connectivity index (χ1) is 10.4. The van der Waals surface area contributed by atoms with E-state index in [0.29, 0.717) is 5.75 Å². The van der Waals surface area contributed by atoms with Crippen LogP contribution in [-0.2, 0) is 19.0 Å². The molecule has 0 radical (unpaired) electrons. The molecule has 0 saturated carbocycles. The Morgan fingerprint density at radius 2 is 1.68 bits per heavy atom. The molecule has 0 aliphatic heterocycles. The molecule has 1 aromatic carbocycles. The Balaban J connectivity index is 2.78. The van der Waals surface area contributed by atoms with E-state index in [9.17, 15) is 14.4 Å². The number of carbonyl (C=O) groups is 3. The van der Waals surface area contributed by atoms with E-state index in [1.165, 1.54) is 12.1 Å². The summed E-state index contributed by atoms with van der Waals surface area (Å²) in [6.07, 6.45) is -2.15. The Kier molecular flexibility index (Phi) is 7.45. The van der Waals surface area contributed by atoms with Crippen LogP contribution in [0.1, 0.15) is 31.1 Å². The maximum Gasteiger partial charge on any atom is 0.389 e. The van der Waals surface area contributed by atoms with Gasteiger partial charge in [0.2, 0.25) is 0 Å². The van der Waals surface area contributed by atoms with Gasteiger partial charge < -0.3 is 14.2 Å². The van der Waals surface area contributed by atoms with Gasteiger partial charge in [-0.3, -0.25) is 0 Å². The smallest absolute Gasteiger partial charge is 0.389 e. The summed E-state index contributed by atoms with van der Waals surface area (Å²) in [6.45, 7) is 5.02. The zero-order chi connectivity index (χ0) is 16.5. The lowest BCUT2D eigenvalue weighted by Crippen LogP contribution is -2.34. The third-order valence-corrected chi connectivity index (χ3v) is 2.85. The summed E-state index contributed by atoms with van der Waals surface area (Å²) in [5.74, 6) is -1.23. The highest BCUT2D eigenvalue weighted by Crippen LogP contribution is 2.12. The quantitative estimate of drug-likeness (QED) is 0.587. The molecule has 0 N–H and O–H groups in total.